The quantitative estimate of drug-likeness (QED) is 0.801. The van der Waals surface area contributed by atoms with Gasteiger partial charge in [0.2, 0.25) is 10.0 Å². The fourth-order valence-electron chi connectivity index (χ4n) is 3.16. The SMILES string of the molecule is N#Cc1ccc(F)c(CS(=O)(=O)NC[C@@H](c2ccco2)N2CCCC2)c1. The molecule has 3 rings (SSSR count). The van der Waals surface area contributed by atoms with Crippen molar-refractivity contribution < 1.29 is 17.2 Å². The van der Waals surface area contributed by atoms with Crippen LogP contribution in [0.15, 0.2) is 41.0 Å². The smallest absolute Gasteiger partial charge is 0.215 e. The summed E-state index contributed by atoms with van der Waals surface area (Å²) in [6.07, 6.45) is 3.70. The van der Waals surface area contributed by atoms with E-state index < -0.39 is 21.6 Å². The van der Waals surface area contributed by atoms with Gasteiger partial charge < -0.3 is 4.42 Å². The third kappa shape index (κ3) is 4.49. The minimum Gasteiger partial charge on any atom is -0.468 e. The number of nitrogens with zero attached hydrogens (tertiary/aromatic N) is 2. The molecule has 6 nitrogen and oxygen atoms in total. The van der Waals surface area contributed by atoms with Crippen molar-refractivity contribution in [3.8, 4) is 6.07 Å². The first kappa shape index (κ1) is 18.6. The maximum atomic E-state index is 13.9. The number of nitriles is 1. The monoisotopic (exact) mass is 377 g/mol. The van der Waals surface area contributed by atoms with Crippen LogP contribution < -0.4 is 4.72 Å². The van der Waals surface area contributed by atoms with Gasteiger partial charge >= 0.3 is 0 Å². The van der Waals surface area contributed by atoms with Crippen molar-refractivity contribution in [1.82, 2.24) is 9.62 Å². The molecule has 0 unspecified atom stereocenters. The van der Waals surface area contributed by atoms with Crippen LogP contribution in [0.4, 0.5) is 4.39 Å². The van der Waals surface area contributed by atoms with E-state index in [1.165, 1.54) is 12.1 Å². The highest BCUT2D eigenvalue weighted by Crippen LogP contribution is 2.25. The lowest BCUT2D eigenvalue weighted by atomic mass is 10.1. The van der Waals surface area contributed by atoms with Gasteiger partial charge in [0.1, 0.15) is 11.6 Å². The standard InChI is InChI=1S/C18H20FN3O3S/c19-16-6-5-14(11-20)10-15(16)13-26(23,24)21-12-17(18-4-3-9-25-18)22-7-1-2-8-22/h3-6,9-10,17,21H,1-2,7-8,12-13H2/t17-/m0/s1. The fraction of sp³-hybridized carbons (Fsp3) is 0.389. The lowest BCUT2D eigenvalue weighted by molar-refractivity contribution is 0.216. The first-order chi connectivity index (χ1) is 12.5. The Morgan fingerprint density at radius 2 is 2.08 bits per heavy atom. The van der Waals surface area contributed by atoms with E-state index in [-0.39, 0.29) is 23.7 Å². The molecular weight excluding hydrogens is 357 g/mol. The van der Waals surface area contributed by atoms with Crippen LogP contribution in [-0.2, 0) is 15.8 Å². The second-order valence-electron chi connectivity index (χ2n) is 6.30. The maximum Gasteiger partial charge on any atom is 0.215 e. The predicted octanol–water partition coefficient (Wildman–Crippen LogP) is 2.55. The molecule has 0 saturated carbocycles. The van der Waals surface area contributed by atoms with Crippen LogP contribution in [0.3, 0.4) is 0 Å². The summed E-state index contributed by atoms with van der Waals surface area (Å²) in [5.41, 5.74) is 0.203. The van der Waals surface area contributed by atoms with Crippen LogP contribution in [0, 0.1) is 17.1 Å². The van der Waals surface area contributed by atoms with Crippen molar-refractivity contribution in [2.75, 3.05) is 19.6 Å². The normalized spacial score (nSPS) is 16.5. The summed E-state index contributed by atoms with van der Waals surface area (Å²) in [7, 11) is -3.77. The molecule has 2 aromatic rings. The molecule has 1 N–H and O–H groups in total. The minimum absolute atomic E-state index is 0.0210. The molecule has 1 aliphatic rings. The van der Waals surface area contributed by atoms with Crippen LogP contribution >= 0.6 is 0 Å². The summed E-state index contributed by atoms with van der Waals surface area (Å²) in [5, 5.41) is 8.90. The predicted molar refractivity (Wildman–Crippen MR) is 94.0 cm³/mol. The Kier molecular flexibility index (Phi) is 5.71. The molecule has 0 bridgehead atoms. The lowest BCUT2D eigenvalue weighted by Crippen LogP contribution is -2.37. The molecule has 1 aromatic heterocycles. The van der Waals surface area contributed by atoms with E-state index in [1.807, 2.05) is 12.1 Å². The van der Waals surface area contributed by atoms with E-state index in [0.717, 1.165) is 32.0 Å². The summed E-state index contributed by atoms with van der Waals surface area (Å²) in [4.78, 5) is 2.18. The summed E-state index contributed by atoms with van der Waals surface area (Å²) in [5.74, 6) is -0.456. The topological polar surface area (TPSA) is 86.3 Å². The molecule has 1 fully saturated rings. The third-order valence-electron chi connectivity index (χ3n) is 4.47. The molecular formula is C18H20FN3O3S. The summed E-state index contributed by atoms with van der Waals surface area (Å²) < 4.78 is 46.8. The highest BCUT2D eigenvalue weighted by molar-refractivity contribution is 7.88. The zero-order valence-electron chi connectivity index (χ0n) is 14.2. The number of furan rings is 1. The van der Waals surface area contributed by atoms with Gasteiger partial charge in [-0.3, -0.25) is 4.90 Å². The molecule has 1 aliphatic heterocycles. The second kappa shape index (κ2) is 7.99. The van der Waals surface area contributed by atoms with Crippen LogP contribution in [0.1, 0.15) is 35.8 Å². The first-order valence-electron chi connectivity index (χ1n) is 8.42. The third-order valence-corrected chi connectivity index (χ3v) is 5.77. The van der Waals surface area contributed by atoms with Crippen molar-refractivity contribution >= 4 is 10.0 Å². The van der Waals surface area contributed by atoms with Crippen molar-refractivity contribution in [2.45, 2.75) is 24.6 Å². The summed E-state index contributed by atoms with van der Waals surface area (Å²) >= 11 is 0. The number of rotatable bonds is 7. The molecule has 2 heterocycles. The zero-order valence-corrected chi connectivity index (χ0v) is 15.0. The van der Waals surface area contributed by atoms with E-state index >= 15 is 0 Å². The Labute approximate surface area is 152 Å². The van der Waals surface area contributed by atoms with Gasteiger partial charge in [-0.2, -0.15) is 5.26 Å². The van der Waals surface area contributed by atoms with Crippen LogP contribution in [-0.4, -0.2) is 33.0 Å². The van der Waals surface area contributed by atoms with Crippen LogP contribution in [0.5, 0.6) is 0 Å². The highest BCUT2D eigenvalue weighted by Gasteiger charge is 2.27. The molecule has 1 saturated heterocycles. The van der Waals surface area contributed by atoms with Gasteiger partial charge in [-0.25, -0.2) is 17.5 Å². The van der Waals surface area contributed by atoms with Crippen molar-refractivity contribution in [3.63, 3.8) is 0 Å². The Morgan fingerprint density at radius 1 is 1.31 bits per heavy atom. The average molecular weight is 377 g/mol. The molecule has 0 spiro atoms. The summed E-state index contributed by atoms with van der Waals surface area (Å²) in [6, 6.07) is 8.98. The number of nitrogens with one attached hydrogen (secondary N) is 1. The molecule has 0 aliphatic carbocycles. The van der Waals surface area contributed by atoms with Gasteiger partial charge in [-0.05, 0) is 56.3 Å². The second-order valence-corrected chi connectivity index (χ2v) is 8.11. The molecule has 1 aromatic carbocycles. The molecule has 0 radical (unpaired) electrons. The van der Waals surface area contributed by atoms with Crippen LogP contribution in [0.2, 0.25) is 0 Å². The minimum atomic E-state index is -3.77. The highest BCUT2D eigenvalue weighted by atomic mass is 32.2. The van der Waals surface area contributed by atoms with Gasteiger partial charge in [0.05, 0.1) is 29.7 Å². The van der Waals surface area contributed by atoms with Gasteiger partial charge in [-0.15, -0.1) is 0 Å². The van der Waals surface area contributed by atoms with Gasteiger partial charge in [-0.1, -0.05) is 0 Å². The largest absolute Gasteiger partial charge is 0.468 e. The number of sulfonamides is 1. The van der Waals surface area contributed by atoms with E-state index in [2.05, 4.69) is 9.62 Å². The number of hydrogen-bond donors (Lipinski definition) is 1. The Bertz CT molecular complexity index is 885. The Morgan fingerprint density at radius 3 is 2.73 bits per heavy atom. The first-order valence-corrected chi connectivity index (χ1v) is 10.1. The van der Waals surface area contributed by atoms with E-state index in [9.17, 15) is 12.8 Å². The molecule has 138 valence electrons. The average Bonchev–Trinajstić information content (AvgIpc) is 3.31. The van der Waals surface area contributed by atoms with Gasteiger partial charge in [0.25, 0.3) is 0 Å². The summed E-state index contributed by atoms with van der Waals surface area (Å²) in [6.45, 7) is 1.91. The van der Waals surface area contributed by atoms with E-state index in [0.29, 0.717) is 5.76 Å². The van der Waals surface area contributed by atoms with Gasteiger partial charge in [0.15, 0.2) is 0 Å². The number of likely N-dealkylation sites (tertiary alicyclic amines) is 1. The van der Waals surface area contributed by atoms with Crippen LogP contribution in [0.25, 0.3) is 0 Å². The number of benzene rings is 1. The number of hydrogen-bond acceptors (Lipinski definition) is 5. The zero-order chi connectivity index (χ0) is 18.6. The molecule has 26 heavy (non-hydrogen) atoms. The Balaban J connectivity index is 1.71. The lowest BCUT2D eigenvalue weighted by Gasteiger charge is -2.26. The van der Waals surface area contributed by atoms with Gasteiger partial charge in [0, 0.05) is 12.1 Å². The maximum absolute atomic E-state index is 13.9. The molecule has 8 heteroatoms. The van der Waals surface area contributed by atoms with Crippen molar-refractivity contribution in [3.05, 3.63) is 59.3 Å². The Hall–Kier alpha value is -2.21. The number of halogens is 1. The van der Waals surface area contributed by atoms with E-state index in [4.69, 9.17) is 9.68 Å². The van der Waals surface area contributed by atoms with Crippen molar-refractivity contribution in [1.29, 1.82) is 5.26 Å². The molecule has 1 atom stereocenters. The van der Waals surface area contributed by atoms with E-state index in [1.54, 1.807) is 12.3 Å². The molecule has 0 amide bonds. The fourth-order valence-corrected chi connectivity index (χ4v) is 4.30. The van der Waals surface area contributed by atoms with Crippen molar-refractivity contribution in [2.24, 2.45) is 0 Å².